The van der Waals surface area contributed by atoms with Crippen molar-refractivity contribution >= 4 is 27.9 Å². The minimum atomic E-state index is -0.791. The molecule has 5 nitrogen and oxygen atoms in total. The number of halogens is 3. The highest BCUT2D eigenvalue weighted by molar-refractivity contribution is 9.10. The van der Waals surface area contributed by atoms with Crippen LogP contribution in [0.3, 0.4) is 0 Å². The maximum Gasteiger partial charge on any atom is 0.410 e. The summed E-state index contributed by atoms with van der Waals surface area (Å²) in [6.45, 7) is 7.79. The lowest BCUT2D eigenvalue weighted by molar-refractivity contribution is 0.00188. The largest absolute Gasteiger partial charge is 0.444 e. The number of benzene rings is 1. The highest BCUT2D eigenvalue weighted by Crippen LogP contribution is 2.26. The molecule has 25 heavy (non-hydrogen) atoms. The SMILES string of the molecule is CC1CN(C(=O)c2c(F)ccc(F)c2Br)CCN1C(=O)OC(C)(C)C. The molecule has 1 atom stereocenters. The molecule has 1 saturated heterocycles. The first-order chi connectivity index (χ1) is 11.5. The molecule has 1 aromatic carbocycles. The zero-order chi connectivity index (χ0) is 18.9. The maximum atomic E-state index is 14.0. The first-order valence-corrected chi connectivity index (χ1v) is 8.73. The lowest BCUT2D eigenvalue weighted by atomic mass is 10.1. The van der Waals surface area contributed by atoms with Crippen molar-refractivity contribution in [3.8, 4) is 0 Å². The Morgan fingerprint density at radius 1 is 1.20 bits per heavy atom. The molecule has 0 aliphatic carbocycles. The summed E-state index contributed by atoms with van der Waals surface area (Å²) in [5.41, 5.74) is -0.947. The van der Waals surface area contributed by atoms with Gasteiger partial charge in [-0.15, -0.1) is 0 Å². The molecule has 0 radical (unpaired) electrons. The predicted molar refractivity (Wildman–Crippen MR) is 92.4 cm³/mol. The summed E-state index contributed by atoms with van der Waals surface area (Å²) in [6, 6.07) is 1.58. The molecule has 8 heteroatoms. The van der Waals surface area contributed by atoms with E-state index in [2.05, 4.69) is 15.9 Å². The van der Waals surface area contributed by atoms with Gasteiger partial charge in [0, 0.05) is 25.7 Å². The molecule has 0 aromatic heterocycles. The Labute approximate surface area is 154 Å². The fourth-order valence-electron chi connectivity index (χ4n) is 2.62. The number of carbonyl (C=O) groups is 2. The Hall–Kier alpha value is -1.70. The van der Waals surface area contributed by atoms with Gasteiger partial charge in [0.15, 0.2) is 0 Å². The molecule has 0 bridgehead atoms. The first kappa shape index (κ1) is 19.6. The number of nitrogens with zero attached hydrogens (tertiary/aromatic N) is 2. The molecule has 1 aliphatic heterocycles. The highest BCUT2D eigenvalue weighted by atomic mass is 79.9. The predicted octanol–water partition coefficient (Wildman–Crippen LogP) is 3.81. The average Bonchev–Trinajstić information content (AvgIpc) is 2.49. The first-order valence-electron chi connectivity index (χ1n) is 7.93. The van der Waals surface area contributed by atoms with Crippen LogP contribution in [0, 0.1) is 11.6 Å². The molecule has 0 saturated carbocycles. The second-order valence-electron chi connectivity index (χ2n) is 6.99. The van der Waals surface area contributed by atoms with Gasteiger partial charge < -0.3 is 14.5 Å². The number of ether oxygens (including phenoxy) is 1. The Morgan fingerprint density at radius 2 is 1.80 bits per heavy atom. The fraction of sp³-hybridized carbons (Fsp3) is 0.529. The molecule has 1 fully saturated rings. The average molecular weight is 419 g/mol. The second kappa shape index (κ2) is 7.27. The molecule has 1 heterocycles. The van der Waals surface area contributed by atoms with Crippen molar-refractivity contribution in [3.63, 3.8) is 0 Å². The number of hydrogen-bond acceptors (Lipinski definition) is 3. The van der Waals surface area contributed by atoms with Gasteiger partial charge in [-0.1, -0.05) is 0 Å². The van der Waals surface area contributed by atoms with E-state index in [9.17, 15) is 18.4 Å². The molecule has 0 spiro atoms. The third kappa shape index (κ3) is 4.48. The summed E-state index contributed by atoms with van der Waals surface area (Å²) in [5.74, 6) is -2.11. The van der Waals surface area contributed by atoms with Gasteiger partial charge in [-0.05, 0) is 55.8 Å². The fourth-order valence-corrected chi connectivity index (χ4v) is 3.11. The molecule has 2 rings (SSSR count). The number of piperazine rings is 1. The van der Waals surface area contributed by atoms with E-state index in [0.717, 1.165) is 12.1 Å². The number of hydrogen-bond donors (Lipinski definition) is 0. The summed E-state index contributed by atoms with van der Waals surface area (Å²) in [4.78, 5) is 27.8. The number of rotatable bonds is 1. The van der Waals surface area contributed by atoms with Gasteiger partial charge in [0.1, 0.15) is 17.2 Å². The van der Waals surface area contributed by atoms with Gasteiger partial charge in [0.2, 0.25) is 0 Å². The van der Waals surface area contributed by atoms with Gasteiger partial charge in [0.05, 0.1) is 10.0 Å². The van der Waals surface area contributed by atoms with Crippen LogP contribution in [0.4, 0.5) is 13.6 Å². The summed E-state index contributed by atoms with van der Waals surface area (Å²) in [5, 5.41) is 0. The van der Waals surface area contributed by atoms with Crippen LogP contribution >= 0.6 is 15.9 Å². The van der Waals surface area contributed by atoms with E-state index in [4.69, 9.17) is 4.74 Å². The van der Waals surface area contributed by atoms with Crippen LogP contribution in [0.25, 0.3) is 0 Å². The molecule has 1 unspecified atom stereocenters. The van der Waals surface area contributed by atoms with Gasteiger partial charge in [0.25, 0.3) is 5.91 Å². The molecular formula is C17H21BrF2N2O3. The van der Waals surface area contributed by atoms with Crippen molar-refractivity contribution in [3.05, 3.63) is 33.8 Å². The lowest BCUT2D eigenvalue weighted by Gasteiger charge is -2.40. The minimum absolute atomic E-state index is 0.195. The van der Waals surface area contributed by atoms with Gasteiger partial charge in [-0.2, -0.15) is 0 Å². The van der Waals surface area contributed by atoms with E-state index in [1.807, 2.05) is 0 Å². The van der Waals surface area contributed by atoms with Crippen LogP contribution < -0.4 is 0 Å². The third-order valence-electron chi connectivity index (χ3n) is 3.80. The van der Waals surface area contributed by atoms with Crippen LogP contribution in [0.15, 0.2) is 16.6 Å². The van der Waals surface area contributed by atoms with E-state index in [1.54, 1.807) is 27.7 Å². The normalized spacial score (nSPS) is 18.3. The summed E-state index contributed by atoms with van der Waals surface area (Å²) in [6.07, 6.45) is -0.454. The number of carbonyl (C=O) groups excluding carboxylic acids is 2. The zero-order valence-corrected chi connectivity index (χ0v) is 16.2. The Bertz CT molecular complexity index is 691. The quantitative estimate of drug-likeness (QED) is 0.651. The smallest absolute Gasteiger partial charge is 0.410 e. The van der Waals surface area contributed by atoms with E-state index >= 15 is 0 Å². The van der Waals surface area contributed by atoms with Gasteiger partial charge >= 0.3 is 6.09 Å². The molecule has 1 aromatic rings. The molecule has 0 N–H and O–H groups in total. The minimum Gasteiger partial charge on any atom is -0.444 e. The summed E-state index contributed by atoms with van der Waals surface area (Å²) < 4.78 is 32.8. The van der Waals surface area contributed by atoms with Crippen molar-refractivity contribution in [1.82, 2.24) is 9.80 Å². The third-order valence-corrected chi connectivity index (χ3v) is 4.58. The topological polar surface area (TPSA) is 49.9 Å². The maximum absolute atomic E-state index is 14.0. The molecule has 2 amide bonds. The van der Waals surface area contributed by atoms with Crippen molar-refractivity contribution in [2.75, 3.05) is 19.6 Å². The standard InChI is InChI=1S/C17H21BrF2N2O3/c1-10-9-21(7-8-22(10)16(24)25-17(2,3)4)15(23)13-11(19)5-6-12(20)14(13)18/h5-6,10H,7-9H2,1-4H3. The van der Waals surface area contributed by atoms with Gasteiger partial charge in [-0.3, -0.25) is 4.79 Å². The van der Waals surface area contributed by atoms with Crippen molar-refractivity contribution in [2.45, 2.75) is 39.3 Å². The van der Waals surface area contributed by atoms with E-state index in [-0.39, 0.29) is 35.7 Å². The van der Waals surface area contributed by atoms with E-state index in [1.165, 1.54) is 9.80 Å². The summed E-state index contributed by atoms with van der Waals surface area (Å²) >= 11 is 2.93. The van der Waals surface area contributed by atoms with Crippen LogP contribution in [0.2, 0.25) is 0 Å². The van der Waals surface area contributed by atoms with Crippen LogP contribution in [-0.4, -0.2) is 53.1 Å². The monoisotopic (exact) mass is 418 g/mol. The molecular weight excluding hydrogens is 398 g/mol. The van der Waals surface area contributed by atoms with Crippen LogP contribution in [0.1, 0.15) is 38.1 Å². The zero-order valence-electron chi connectivity index (χ0n) is 14.6. The lowest BCUT2D eigenvalue weighted by Crippen LogP contribution is -2.56. The van der Waals surface area contributed by atoms with Gasteiger partial charge in [-0.25, -0.2) is 13.6 Å². The second-order valence-corrected chi connectivity index (χ2v) is 7.79. The number of amides is 2. The molecule has 1 aliphatic rings. The van der Waals surface area contributed by atoms with Crippen molar-refractivity contribution in [2.24, 2.45) is 0 Å². The van der Waals surface area contributed by atoms with Crippen molar-refractivity contribution < 1.29 is 23.1 Å². The van der Waals surface area contributed by atoms with Crippen LogP contribution in [0.5, 0.6) is 0 Å². The van der Waals surface area contributed by atoms with Crippen molar-refractivity contribution in [1.29, 1.82) is 0 Å². The Kier molecular flexibility index (Phi) is 5.71. The Balaban J connectivity index is 2.12. The van der Waals surface area contributed by atoms with E-state index in [0.29, 0.717) is 0 Å². The highest BCUT2D eigenvalue weighted by Gasteiger charge is 2.34. The van der Waals surface area contributed by atoms with E-state index < -0.39 is 29.2 Å². The molecule has 138 valence electrons. The van der Waals surface area contributed by atoms with Crippen LogP contribution in [-0.2, 0) is 4.74 Å². The Morgan fingerprint density at radius 3 is 2.36 bits per heavy atom. The summed E-state index contributed by atoms with van der Waals surface area (Å²) in [7, 11) is 0.